The first-order valence-electron chi connectivity index (χ1n) is 6.55. The SMILES string of the molecule is CS(=O)(=O)Nc1ccccc1NC(=O)Cc1ccc(Cl)c(Cl)c1. The van der Waals surface area contributed by atoms with Gasteiger partial charge < -0.3 is 5.32 Å². The third kappa shape index (κ3) is 5.42. The Bertz CT molecular complexity index is 838. The summed E-state index contributed by atoms with van der Waals surface area (Å²) in [6.45, 7) is 0. The van der Waals surface area contributed by atoms with E-state index in [-0.39, 0.29) is 12.3 Å². The van der Waals surface area contributed by atoms with Crippen molar-refractivity contribution in [3.63, 3.8) is 0 Å². The van der Waals surface area contributed by atoms with Gasteiger partial charge in [0.2, 0.25) is 15.9 Å². The molecule has 2 N–H and O–H groups in total. The zero-order valence-electron chi connectivity index (χ0n) is 12.1. The fraction of sp³-hybridized carbons (Fsp3) is 0.133. The highest BCUT2D eigenvalue weighted by atomic mass is 35.5. The van der Waals surface area contributed by atoms with Crippen LogP contribution in [0.1, 0.15) is 5.56 Å². The van der Waals surface area contributed by atoms with E-state index in [1.54, 1.807) is 42.5 Å². The molecule has 122 valence electrons. The summed E-state index contributed by atoms with van der Waals surface area (Å²) < 4.78 is 25.1. The number of hydrogen-bond acceptors (Lipinski definition) is 3. The molecule has 2 rings (SSSR count). The fourth-order valence-electron chi connectivity index (χ4n) is 1.91. The number of carbonyl (C=O) groups excluding carboxylic acids is 1. The fourth-order valence-corrected chi connectivity index (χ4v) is 2.81. The summed E-state index contributed by atoms with van der Waals surface area (Å²) in [5.41, 5.74) is 1.38. The number of nitrogens with one attached hydrogen (secondary N) is 2. The van der Waals surface area contributed by atoms with Crippen molar-refractivity contribution >= 4 is 50.5 Å². The Balaban J connectivity index is 2.12. The first kappa shape index (κ1) is 17.6. The van der Waals surface area contributed by atoms with E-state index in [2.05, 4.69) is 10.0 Å². The van der Waals surface area contributed by atoms with Crippen LogP contribution in [-0.4, -0.2) is 20.6 Å². The molecule has 8 heteroatoms. The zero-order valence-corrected chi connectivity index (χ0v) is 14.5. The molecule has 0 bridgehead atoms. The summed E-state index contributed by atoms with van der Waals surface area (Å²) in [6.07, 6.45) is 1.13. The molecular weight excluding hydrogens is 359 g/mol. The molecule has 0 atom stereocenters. The van der Waals surface area contributed by atoms with Crippen LogP contribution in [0.4, 0.5) is 11.4 Å². The van der Waals surface area contributed by atoms with Gasteiger partial charge in [0.15, 0.2) is 0 Å². The molecule has 0 spiro atoms. The minimum Gasteiger partial charge on any atom is -0.324 e. The van der Waals surface area contributed by atoms with Crippen molar-refractivity contribution in [2.75, 3.05) is 16.3 Å². The molecular formula is C15H14Cl2N2O3S. The number of hydrogen-bond donors (Lipinski definition) is 2. The van der Waals surface area contributed by atoms with Crippen molar-refractivity contribution in [3.05, 3.63) is 58.1 Å². The maximum atomic E-state index is 12.1. The molecule has 0 saturated heterocycles. The number of amides is 1. The molecule has 0 heterocycles. The number of sulfonamides is 1. The summed E-state index contributed by atoms with van der Waals surface area (Å²) >= 11 is 11.7. The molecule has 2 aromatic carbocycles. The molecule has 0 fully saturated rings. The van der Waals surface area contributed by atoms with Gasteiger partial charge in [0.25, 0.3) is 0 Å². The smallest absolute Gasteiger partial charge is 0.229 e. The molecule has 0 aliphatic rings. The van der Waals surface area contributed by atoms with E-state index in [9.17, 15) is 13.2 Å². The predicted molar refractivity (Wildman–Crippen MR) is 93.7 cm³/mol. The number of carbonyl (C=O) groups is 1. The molecule has 0 aromatic heterocycles. The van der Waals surface area contributed by atoms with Crippen molar-refractivity contribution in [2.24, 2.45) is 0 Å². The van der Waals surface area contributed by atoms with E-state index in [4.69, 9.17) is 23.2 Å². The first-order chi connectivity index (χ1) is 10.7. The van der Waals surface area contributed by atoms with Gasteiger partial charge in [-0.3, -0.25) is 9.52 Å². The maximum Gasteiger partial charge on any atom is 0.229 e. The number of para-hydroxylation sites is 2. The maximum absolute atomic E-state index is 12.1. The van der Waals surface area contributed by atoms with E-state index in [1.807, 2.05) is 0 Å². The highest BCUT2D eigenvalue weighted by Crippen LogP contribution is 2.24. The van der Waals surface area contributed by atoms with Gasteiger partial charge in [0.1, 0.15) is 0 Å². The molecule has 1 amide bonds. The molecule has 0 unspecified atom stereocenters. The van der Waals surface area contributed by atoms with E-state index >= 15 is 0 Å². The van der Waals surface area contributed by atoms with Crippen molar-refractivity contribution in [1.82, 2.24) is 0 Å². The van der Waals surface area contributed by atoms with Crippen LogP contribution in [0.3, 0.4) is 0 Å². The average molecular weight is 373 g/mol. The van der Waals surface area contributed by atoms with Gasteiger partial charge >= 0.3 is 0 Å². The summed E-state index contributed by atoms with van der Waals surface area (Å²) in [5.74, 6) is -0.300. The van der Waals surface area contributed by atoms with E-state index in [0.29, 0.717) is 27.0 Å². The minimum atomic E-state index is -3.44. The molecule has 23 heavy (non-hydrogen) atoms. The normalized spacial score (nSPS) is 11.1. The zero-order chi connectivity index (χ0) is 17.0. The Morgan fingerprint density at radius 1 is 1.04 bits per heavy atom. The van der Waals surface area contributed by atoms with Crippen LogP contribution >= 0.6 is 23.2 Å². The van der Waals surface area contributed by atoms with Crippen LogP contribution in [0.5, 0.6) is 0 Å². The van der Waals surface area contributed by atoms with Crippen molar-refractivity contribution in [1.29, 1.82) is 0 Å². The third-order valence-corrected chi connectivity index (χ3v) is 4.17. The molecule has 0 aliphatic heterocycles. The lowest BCUT2D eigenvalue weighted by Crippen LogP contribution is -2.17. The van der Waals surface area contributed by atoms with Crippen molar-refractivity contribution < 1.29 is 13.2 Å². The van der Waals surface area contributed by atoms with Gasteiger partial charge in [-0.2, -0.15) is 0 Å². The Hall–Kier alpha value is -1.76. The lowest BCUT2D eigenvalue weighted by Gasteiger charge is -2.12. The van der Waals surface area contributed by atoms with E-state index in [0.717, 1.165) is 6.26 Å². The molecule has 0 aliphatic carbocycles. The number of benzene rings is 2. The highest BCUT2D eigenvalue weighted by molar-refractivity contribution is 7.92. The van der Waals surface area contributed by atoms with Crippen LogP contribution < -0.4 is 10.0 Å². The Morgan fingerprint density at radius 3 is 2.30 bits per heavy atom. The van der Waals surface area contributed by atoms with Crippen molar-refractivity contribution in [2.45, 2.75) is 6.42 Å². The standard InChI is InChI=1S/C15H14Cl2N2O3S/c1-23(21,22)19-14-5-3-2-4-13(14)18-15(20)9-10-6-7-11(16)12(17)8-10/h2-8,19H,9H2,1H3,(H,18,20). The van der Waals surface area contributed by atoms with Gasteiger partial charge in [0.05, 0.1) is 34.1 Å². The Labute approximate surface area is 144 Å². The molecule has 0 radical (unpaired) electrons. The Morgan fingerprint density at radius 2 is 1.70 bits per heavy atom. The monoisotopic (exact) mass is 372 g/mol. The third-order valence-electron chi connectivity index (χ3n) is 2.85. The van der Waals surface area contributed by atoms with Crippen molar-refractivity contribution in [3.8, 4) is 0 Å². The molecule has 5 nitrogen and oxygen atoms in total. The number of anilines is 2. The summed E-state index contributed by atoms with van der Waals surface area (Å²) in [5, 5.41) is 3.46. The van der Waals surface area contributed by atoms with Gasteiger partial charge in [0, 0.05) is 0 Å². The van der Waals surface area contributed by atoms with Crippen LogP contribution in [0.15, 0.2) is 42.5 Å². The van der Waals surface area contributed by atoms with Crippen LogP contribution in [0, 0.1) is 0 Å². The lowest BCUT2D eigenvalue weighted by atomic mass is 10.1. The minimum absolute atomic E-state index is 0.0874. The summed E-state index contributed by atoms with van der Waals surface area (Å²) in [7, 11) is -3.44. The predicted octanol–water partition coefficient (Wildman–Crippen LogP) is 3.55. The topological polar surface area (TPSA) is 75.3 Å². The first-order valence-corrected chi connectivity index (χ1v) is 9.20. The second-order valence-corrected chi connectivity index (χ2v) is 7.46. The van der Waals surface area contributed by atoms with Crippen LogP contribution in [0.25, 0.3) is 0 Å². The average Bonchev–Trinajstić information content (AvgIpc) is 2.43. The second kappa shape index (κ2) is 7.21. The largest absolute Gasteiger partial charge is 0.324 e. The van der Waals surface area contributed by atoms with Gasteiger partial charge in [-0.1, -0.05) is 41.4 Å². The van der Waals surface area contributed by atoms with Crippen LogP contribution in [0.2, 0.25) is 10.0 Å². The summed E-state index contributed by atoms with van der Waals surface area (Å²) in [6, 6.07) is 11.5. The van der Waals surface area contributed by atoms with E-state index in [1.165, 1.54) is 0 Å². The number of rotatable bonds is 5. The van der Waals surface area contributed by atoms with E-state index < -0.39 is 10.0 Å². The van der Waals surface area contributed by atoms with Gasteiger partial charge in [-0.25, -0.2) is 8.42 Å². The van der Waals surface area contributed by atoms with Gasteiger partial charge in [-0.15, -0.1) is 0 Å². The highest BCUT2D eigenvalue weighted by Gasteiger charge is 2.11. The lowest BCUT2D eigenvalue weighted by molar-refractivity contribution is -0.115. The van der Waals surface area contributed by atoms with Gasteiger partial charge in [-0.05, 0) is 29.8 Å². The quantitative estimate of drug-likeness (QED) is 0.842. The summed E-state index contributed by atoms with van der Waals surface area (Å²) in [4.78, 5) is 12.1. The second-order valence-electron chi connectivity index (χ2n) is 4.89. The van der Waals surface area contributed by atoms with Crippen LogP contribution in [-0.2, 0) is 21.2 Å². The molecule has 2 aromatic rings. The molecule has 0 saturated carbocycles. The number of halogens is 2. The Kier molecular flexibility index (Phi) is 5.51.